The van der Waals surface area contributed by atoms with Gasteiger partial charge in [0.15, 0.2) is 0 Å². The molecule has 6 N–H and O–H groups in total. The third-order valence-electron chi connectivity index (χ3n) is 5.26. The molecular formula is C25H32N4O5. The SMILES string of the molecule is CC(C)C(NC(=O)CN)C(=O)NC(Cc1ccccc1)C(=O)NC(Cc1ccccc1)C(=O)O. The molecule has 2 rings (SSSR count). The van der Waals surface area contributed by atoms with Crippen molar-refractivity contribution < 1.29 is 24.3 Å². The van der Waals surface area contributed by atoms with Crippen LogP contribution in [0.3, 0.4) is 0 Å². The first-order chi connectivity index (χ1) is 16.2. The molecule has 2 aromatic carbocycles. The van der Waals surface area contributed by atoms with Crippen molar-refractivity contribution in [2.24, 2.45) is 11.7 Å². The molecule has 9 nitrogen and oxygen atoms in total. The van der Waals surface area contributed by atoms with Crippen LogP contribution in [0.5, 0.6) is 0 Å². The number of benzene rings is 2. The van der Waals surface area contributed by atoms with Crippen molar-refractivity contribution in [1.82, 2.24) is 16.0 Å². The second kappa shape index (κ2) is 13.1. The summed E-state index contributed by atoms with van der Waals surface area (Å²) in [6.45, 7) is 3.24. The van der Waals surface area contributed by atoms with E-state index in [2.05, 4.69) is 16.0 Å². The Morgan fingerprint density at radius 2 is 1.24 bits per heavy atom. The molecule has 0 heterocycles. The van der Waals surface area contributed by atoms with Gasteiger partial charge in [-0.3, -0.25) is 14.4 Å². The Bertz CT molecular complexity index is 966. The molecule has 0 saturated heterocycles. The predicted molar refractivity (Wildman–Crippen MR) is 128 cm³/mol. The van der Waals surface area contributed by atoms with Gasteiger partial charge < -0.3 is 26.8 Å². The molecule has 0 aliphatic rings. The number of rotatable bonds is 12. The quantitative estimate of drug-likeness (QED) is 0.308. The fourth-order valence-corrected chi connectivity index (χ4v) is 3.41. The number of amides is 3. The Morgan fingerprint density at radius 3 is 1.68 bits per heavy atom. The van der Waals surface area contributed by atoms with Crippen molar-refractivity contribution in [2.45, 2.75) is 44.8 Å². The smallest absolute Gasteiger partial charge is 0.326 e. The minimum atomic E-state index is -1.18. The zero-order valence-electron chi connectivity index (χ0n) is 19.4. The highest BCUT2D eigenvalue weighted by atomic mass is 16.4. The number of aliphatic carboxylic acids is 1. The van der Waals surface area contributed by atoms with Gasteiger partial charge in [0.1, 0.15) is 18.1 Å². The molecule has 2 aromatic rings. The second-order valence-electron chi connectivity index (χ2n) is 8.33. The zero-order chi connectivity index (χ0) is 25.1. The average Bonchev–Trinajstić information content (AvgIpc) is 2.82. The molecule has 3 amide bonds. The summed E-state index contributed by atoms with van der Waals surface area (Å²) in [7, 11) is 0. The van der Waals surface area contributed by atoms with E-state index < -0.39 is 41.8 Å². The van der Waals surface area contributed by atoms with E-state index >= 15 is 0 Å². The van der Waals surface area contributed by atoms with Crippen LogP contribution in [0.15, 0.2) is 60.7 Å². The first kappa shape index (κ1) is 26.5. The topological polar surface area (TPSA) is 151 Å². The van der Waals surface area contributed by atoms with Crippen molar-refractivity contribution in [3.63, 3.8) is 0 Å². The molecule has 0 aliphatic heterocycles. The molecule has 34 heavy (non-hydrogen) atoms. The number of carbonyl (C=O) groups excluding carboxylic acids is 3. The molecule has 182 valence electrons. The Balaban J connectivity index is 2.22. The summed E-state index contributed by atoms with van der Waals surface area (Å²) in [5, 5.41) is 17.5. The minimum Gasteiger partial charge on any atom is -0.480 e. The maximum atomic E-state index is 13.2. The lowest BCUT2D eigenvalue weighted by Crippen LogP contribution is -2.58. The van der Waals surface area contributed by atoms with Crippen LogP contribution in [0, 0.1) is 5.92 Å². The molecule has 0 aromatic heterocycles. The lowest BCUT2D eigenvalue weighted by atomic mass is 10.00. The maximum Gasteiger partial charge on any atom is 0.326 e. The van der Waals surface area contributed by atoms with Crippen LogP contribution in [0.25, 0.3) is 0 Å². The summed E-state index contributed by atoms with van der Waals surface area (Å²) in [5.74, 6) is -3.12. The number of carboxylic acids is 1. The van der Waals surface area contributed by atoms with Crippen molar-refractivity contribution >= 4 is 23.7 Å². The Labute approximate surface area is 199 Å². The van der Waals surface area contributed by atoms with Gasteiger partial charge in [-0.2, -0.15) is 0 Å². The lowest BCUT2D eigenvalue weighted by molar-refractivity contribution is -0.142. The highest BCUT2D eigenvalue weighted by Crippen LogP contribution is 2.09. The molecule has 0 saturated carbocycles. The van der Waals surface area contributed by atoms with Gasteiger partial charge in [-0.15, -0.1) is 0 Å². The zero-order valence-corrected chi connectivity index (χ0v) is 19.4. The van der Waals surface area contributed by atoms with E-state index in [9.17, 15) is 24.3 Å². The fraction of sp³-hybridized carbons (Fsp3) is 0.360. The highest BCUT2D eigenvalue weighted by molar-refractivity contribution is 5.94. The third kappa shape index (κ3) is 8.32. The van der Waals surface area contributed by atoms with Crippen molar-refractivity contribution in [3.8, 4) is 0 Å². The number of nitrogens with two attached hydrogens (primary N) is 1. The molecule has 0 aliphatic carbocycles. The molecule has 0 bridgehead atoms. The molecular weight excluding hydrogens is 436 g/mol. The molecule has 0 spiro atoms. The standard InChI is InChI=1S/C25H32N4O5/c1-16(2)22(29-21(30)15-26)24(32)27-19(13-17-9-5-3-6-10-17)23(31)28-20(25(33)34)14-18-11-7-4-8-12-18/h3-12,16,19-20,22H,13-15,26H2,1-2H3,(H,27,32)(H,28,31)(H,29,30)(H,33,34). The summed E-state index contributed by atoms with van der Waals surface area (Å²) in [6, 6.07) is 14.9. The average molecular weight is 469 g/mol. The molecule has 9 heteroatoms. The van der Waals surface area contributed by atoms with E-state index in [1.54, 1.807) is 62.4 Å². The van der Waals surface area contributed by atoms with Gasteiger partial charge in [-0.25, -0.2) is 4.79 Å². The lowest BCUT2D eigenvalue weighted by Gasteiger charge is -2.26. The van der Waals surface area contributed by atoms with Crippen molar-refractivity contribution in [3.05, 3.63) is 71.8 Å². The van der Waals surface area contributed by atoms with Crippen LogP contribution in [0.1, 0.15) is 25.0 Å². The van der Waals surface area contributed by atoms with Crippen LogP contribution in [0.2, 0.25) is 0 Å². The normalized spacial score (nSPS) is 13.4. The number of carboxylic acid groups (broad SMARTS) is 1. The van der Waals surface area contributed by atoms with Gasteiger partial charge in [-0.05, 0) is 17.0 Å². The van der Waals surface area contributed by atoms with Crippen LogP contribution in [0.4, 0.5) is 0 Å². The van der Waals surface area contributed by atoms with E-state index in [0.29, 0.717) is 0 Å². The Kier molecular flexibility index (Phi) is 10.2. The first-order valence-corrected chi connectivity index (χ1v) is 11.1. The van der Waals surface area contributed by atoms with Crippen molar-refractivity contribution in [2.75, 3.05) is 6.54 Å². The minimum absolute atomic E-state index is 0.0924. The molecule has 3 unspecified atom stereocenters. The van der Waals surface area contributed by atoms with Gasteiger partial charge in [-0.1, -0.05) is 74.5 Å². The van der Waals surface area contributed by atoms with Gasteiger partial charge >= 0.3 is 5.97 Å². The van der Waals surface area contributed by atoms with E-state index in [1.807, 2.05) is 12.1 Å². The van der Waals surface area contributed by atoms with Crippen LogP contribution in [-0.2, 0) is 32.0 Å². The summed E-state index contributed by atoms with van der Waals surface area (Å²) in [4.78, 5) is 49.8. The number of carbonyl (C=O) groups is 4. The van der Waals surface area contributed by atoms with E-state index in [-0.39, 0.29) is 25.3 Å². The Hall–Kier alpha value is -3.72. The maximum absolute atomic E-state index is 13.2. The third-order valence-corrected chi connectivity index (χ3v) is 5.26. The molecule has 0 radical (unpaired) electrons. The Morgan fingerprint density at radius 1 is 0.765 bits per heavy atom. The van der Waals surface area contributed by atoms with Crippen LogP contribution < -0.4 is 21.7 Å². The first-order valence-electron chi connectivity index (χ1n) is 11.1. The van der Waals surface area contributed by atoms with Gasteiger partial charge in [0.25, 0.3) is 0 Å². The fourth-order valence-electron chi connectivity index (χ4n) is 3.41. The highest BCUT2D eigenvalue weighted by Gasteiger charge is 2.31. The summed E-state index contributed by atoms with van der Waals surface area (Å²) >= 11 is 0. The number of nitrogens with one attached hydrogen (secondary N) is 3. The van der Waals surface area contributed by atoms with E-state index in [0.717, 1.165) is 11.1 Å². The number of hydrogen-bond acceptors (Lipinski definition) is 5. The molecule has 0 fully saturated rings. The van der Waals surface area contributed by atoms with E-state index in [4.69, 9.17) is 5.73 Å². The monoisotopic (exact) mass is 468 g/mol. The summed E-state index contributed by atoms with van der Waals surface area (Å²) in [6.07, 6.45) is 0.237. The van der Waals surface area contributed by atoms with Crippen LogP contribution >= 0.6 is 0 Å². The second-order valence-corrected chi connectivity index (χ2v) is 8.33. The largest absolute Gasteiger partial charge is 0.480 e. The summed E-state index contributed by atoms with van der Waals surface area (Å²) in [5.41, 5.74) is 6.89. The van der Waals surface area contributed by atoms with Crippen molar-refractivity contribution in [1.29, 1.82) is 0 Å². The van der Waals surface area contributed by atoms with Crippen LogP contribution in [-0.4, -0.2) is 53.5 Å². The van der Waals surface area contributed by atoms with Gasteiger partial charge in [0.05, 0.1) is 6.54 Å². The molecule has 3 atom stereocenters. The van der Waals surface area contributed by atoms with E-state index in [1.165, 1.54) is 0 Å². The van der Waals surface area contributed by atoms with Gasteiger partial charge in [0.2, 0.25) is 17.7 Å². The summed E-state index contributed by atoms with van der Waals surface area (Å²) < 4.78 is 0. The number of hydrogen-bond donors (Lipinski definition) is 5. The predicted octanol–water partition coefficient (Wildman–Crippen LogP) is 0.626. The van der Waals surface area contributed by atoms with Gasteiger partial charge in [0, 0.05) is 12.8 Å².